The first-order valence-electron chi connectivity index (χ1n) is 12.0. The molecule has 2 heterocycles. The third-order valence-electron chi connectivity index (χ3n) is 6.32. The number of nitrogens with zero attached hydrogens (tertiary/aromatic N) is 5. The van der Waals surface area contributed by atoms with Crippen molar-refractivity contribution in [2.45, 2.75) is 57.4 Å². The fourth-order valence-electron chi connectivity index (χ4n) is 4.38. The van der Waals surface area contributed by atoms with Gasteiger partial charge in [0.25, 0.3) is 10.2 Å². The van der Waals surface area contributed by atoms with Crippen molar-refractivity contribution >= 4 is 22.3 Å². The van der Waals surface area contributed by atoms with Crippen LogP contribution in [0.15, 0.2) is 48.1 Å². The van der Waals surface area contributed by atoms with Crippen molar-refractivity contribution in [2.75, 3.05) is 26.2 Å². The van der Waals surface area contributed by atoms with Crippen LogP contribution in [-0.2, 0) is 24.5 Å². The van der Waals surface area contributed by atoms with E-state index in [4.69, 9.17) is 9.47 Å². The first kappa shape index (κ1) is 28.5. The van der Waals surface area contributed by atoms with Crippen LogP contribution in [0.25, 0.3) is 10.4 Å². The molecule has 1 amide bonds. The molecule has 202 valence electrons. The van der Waals surface area contributed by atoms with Gasteiger partial charge in [-0.15, -0.1) is 6.58 Å². The fraction of sp³-hybridized carbons (Fsp3) is 0.583. The van der Waals surface area contributed by atoms with Crippen molar-refractivity contribution in [3.05, 3.63) is 59.0 Å². The molecular weight excluding hydrogens is 500 g/mol. The van der Waals surface area contributed by atoms with Crippen LogP contribution in [0.3, 0.4) is 0 Å². The zero-order valence-electron chi connectivity index (χ0n) is 21.5. The molecule has 3 rings (SSSR count). The Bertz CT molecular complexity index is 1160. The predicted octanol–water partition coefficient (Wildman–Crippen LogP) is 3.30. The van der Waals surface area contributed by atoms with Gasteiger partial charge in [-0.25, -0.2) is 4.79 Å². The lowest BCUT2D eigenvalue weighted by Crippen LogP contribution is -2.63. The summed E-state index contributed by atoms with van der Waals surface area (Å²) in [7, 11) is -4.01. The Balaban J connectivity index is 1.74. The zero-order chi connectivity index (χ0) is 27.4. The van der Waals surface area contributed by atoms with Gasteiger partial charge in [0.1, 0.15) is 11.7 Å². The van der Waals surface area contributed by atoms with Gasteiger partial charge in [-0.3, -0.25) is 4.79 Å². The number of nitrogens with one attached hydrogen (secondary N) is 1. The lowest BCUT2D eigenvalue weighted by molar-refractivity contribution is -0.156. The number of hydrogen-bond donors (Lipinski definition) is 1. The predicted molar refractivity (Wildman–Crippen MR) is 136 cm³/mol. The van der Waals surface area contributed by atoms with E-state index < -0.39 is 51.5 Å². The second-order valence-electron chi connectivity index (χ2n) is 10.3. The van der Waals surface area contributed by atoms with Crippen molar-refractivity contribution in [3.63, 3.8) is 0 Å². The molecule has 2 aliphatic rings. The van der Waals surface area contributed by atoms with E-state index in [9.17, 15) is 23.5 Å². The fourth-order valence-corrected chi connectivity index (χ4v) is 6.17. The van der Waals surface area contributed by atoms with E-state index >= 15 is 0 Å². The summed E-state index contributed by atoms with van der Waals surface area (Å²) < 4.78 is 40.0. The Morgan fingerprint density at radius 3 is 2.49 bits per heavy atom. The summed E-state index contributed by atoms with van der Waals surface area (Å²) in [5.74, 6) is -1.46. The number of amides is 1. The summed E-state index contributed by atoms with van der Waals surface area (Å²) in [5.41, 5.74) is 7.65. The van der Waals surface area contributed by atoms with Gasteiger partial charge in [0.05, 0.1) is 6.04 Å². The highest BCUT2D eigenvalue weighted by molar-refractivity contribution is 7.86. The van der Waals surface area contributed by atoms with E-state index in [0.717, 1.165) is 9.87 Å². The summed E-state index contributed by atoms with van der Waals surface area (Å²) in [6.45, 7) is 10.3. The van der Waals surface area contributed by atoms with Crippen molar-refractivity contribution in [3.8, 4) is 0 Å². The van der Waals surface area contributed by atoms with Crippen molar-refractivity contribution in [1.29, 1.82) is 0 Å². The molecule has 0 bridgehead atoms. The average Bonchev–Trinajstić information content (AvgIpc) is 3.16. The molecule has 1 N–H and O–H groups in total. The summed E-state index contributed by atoms with van der Waals surface area (Å²) >= 11 is 0. The Kier molecular flexibility index (Phi) is 8.53. The molecule has 0 unspecified atom stereocenters. The summed E-state index contributed by atoms with van der Waals surface area (Å²) in [5, 5.41) is 6.46. The van der Waals surface area contributed by atoms with E-state index in [1.54, 1.807) is 45.9 Å². The number of esters is 1. The molecule has 0 radical (unpaired) electrons. The number of allylic oxidation sites excluding steroid dienone is 1. The van der Waals surface area contributed by atoms with Crippen LogP contribution >= 0.6 is 0 Å². The number of ether oxygens (including phenoxy) is 2. The number of alkyl carbamates (subject to hydrolysis) is 1. The molecule has 37 heavy (non-hydrogen) atoms. The third kappa shape index (κ3) is 6.42. The van der Waals surface area contributed by atoms with Gasteiger partial charge in [-0.1, -0.05) is 41.5 Å². The second-order valence-corrected chi connectivity index (χ2v) is 12.2. The highest BCUT2D eigenvalue weighted by atomic mass is 32.2. The van der Waals surface area contributed by atoms with Crippen molar-refractivity contribution in [1.82, 2.24) is 13.9 Å². The number of benzene rings is 1. The van der Waals surface area contributed by atoms with Gasteiger partial charge in [0, 0.05) is 31.1 Å². The monoisotopic (exact) mass is 534 g/mol. The molecule has 1 aromatic rings. The molecule has 0 spiro atoms. The zero-order valence-corrected chi connectivity index (χ0v) is 22.3. The lowest BCUT2D eigenvalue weighted by atomic mass is 9.85. The van der Waals surface area contributed by atoms with Gasteiger partial charge in [-0.2, -0.15) is 17.0 Å². The van der Waals surface area contributed by atoms with Crippen LogP contribution in [0, 0.1) is 5.92 Å². The lowest BCUT2D eigenvalue weighted by Gasteiger charge is -2.40. The first-order valence-corrected chi connectivity index (χ1v) is 13.4. The Morgan fingerprint density at radius 2 is 1.92 bits per heavy atom. The van der Waals surface area contributed by atoms with Gasteiger partial charge in [-0.05, 0) is 51.1 Å². The van der Waals surface area contributed by atoms with E-state index in [1.165, 1.54) is 4.31 Å². The van der Waals surface area contributed by atoms with Crippen LogP contribution in [0.4, 0.5) is 4.79 Å². The normalized spacial score (nSPS) is 23.8. The minimum Gasteiger partial charge on any atom is -0.457 e. The topological polar surface area (TPSA) is 154 Å². The van der Waals surface area contributed by atoms with Crippen LogP contribution in [0.2, 0.25) is 0 Å². The van der Waals surface area contributed by atoms with Gasteiger partial charge >= 0.3 is 12.1 Å². The molecule has 2 aliphatic heterocycles. The molecule has 0 aliphatic carbocycles. The third-order valence-corrected chi connectivity index (χ3v) is 8.20. The Labute approximate surface area is 217 Å². The number of azide groups is 1. The summed E-state index contributed by atoms with van der Waals surface area (Å²) in [6.07, 6.45) is 0.535. The minimum absolute atomic E-state index is 0.0498. The highest BCUT2D eigenvalue weighted by Crippen LogP contribution is 2.39. The molecule has 2 saturated heterocycles. The molecule has 12 nitrogen and oxygen atoms in total. The van der Waals surface area contributed by atoms with Gasteiger partial charge in [0.15, 0.2) is 5.54 Å². The molecule has 13 heteroatoms. The molecule has 0 aromatic heterocycles. The quantitative estimate of drug-likeness (QED) is 0.169. The second kappa shape index (κ2) is 11.1. The van der Waals surface area contributed by atoms with Crippen LogP contribution in [0.5, 0.6) is 0 Å². The SMILES string of the molecule is C=CC[C@@H]1CN(S(=O)(=O)N2CC(NC(=O)OC(C)(C)C)C2)C[C@]1(N=[N+]=[N-])C(=O)O[C@H](C)c1ccccc1. The van der Waals surface area contributed by atoms with Crippen molar-refractivity contribution in [2.24, 2.45) is 11.0 Å². The Morgan fingerprint density at radius 1 is 1.27 bits per heavy atom. The number of hydrogen-bond acceptors (Lipinski definition) is 7. The van der Waals surface area contributed by atoms with E-state index in [0.29, 0.717) is 0 Å². The molecule has 1 aromatic carbocycles. The molecule has 3 atom stereocenters. The maximum absolute atomic E-state index is 13.4. The molecular formula is C24H34N6O6S. The van der Waals surface area contributed by atoms with E-state index in [-0.39, 0.29) is 32.6 Å². The summed E-state index contributed by atoms with van der Waals surface area (Å²) in [6, 6.07) is 8.65. The number of rotatable bonds is 9. The van der Waals surface area contributed by atoms with Crippen LogP contribution < -0.4 is 5.32 Å². The standard InChI is InChI=1S/C24H34N6O6S/c1-6-10-19-13-30(37(33,34)29-14-20(15-29)26-22(32)36-23(3,4)5)16-24(19,27-28-25)21(31)35-17(2)18-11-8-7-9-12-18/h6-9,11-12,17,19-20H,1,10,13-16H2,2-5H3,(H,26,32)/t17-,19-,24-/m1/s1. The van der Waals surface area contributed by atoms with Gasteiger partial charge < -0.3 is 14.8 Å². The Hall–Kier alpha value is -3.12. The highest BCUT2D eigenvalue weighted by Gasteiger charge is 2.57. The average molecular weight is 535 g/mol. The van der Waals surface area contributed by atoms with Gasteiger partial charge in [0.2, 0.25) is 0 Å². The van der Waals surface area contributed by atoms with Crippen LogP contribution in [-0.4, -0.2) is 72.5 Å². The minimum atomic E-state index is -4.01. The maximum atomic E-state index is 13.4. The van der Waals surface area contributed by atoms with E-state index in [1.807, 2.05) is 18.2 Å². The maximum Gasteiger partial charge on any atom is 0.407 e. The van der Waals surface area contributed by atoms with Crippen molar-refractivity contribution < 1.29 is 27.5 Å². The largest absolute Gasteiger partial charge is 0.457 e. The smallest absolute Gasteiger partial charge is 0.407 e. The molecule has 2 fully saturated rings. The van der Waals surface area contributed by atoms with E-state index in [2.05, 4.69) is 21.9 Å². The van der Waals surface area contributed by atoms with Crippen LogP contribution in [0.1, 0.15) is 45.8 Å². The number of carbonyl (C=O) groups excluding carboxylic acids is 2. The number of carbonyl (C=O) groups is 2. The molecule has 0 saturated carbocycles. The summed E-state index contributed by atoms with van der Waals surface area (Å²) in [4.78, 5) is 28.3. The first-order chi connectivity index (χ1) is 17.3.